The van der Waals surface area contributed by atoms with Crippen LogP contribution in [0.3, 0.4) is 0 Å². The van der Waals surface area contributed by atoms with E-state index in [4.69, 9.17) is 18.7 Å². The van der Waals surface area contributed by atoms with Crippen LogP contribution >= 0.6 is 0 Å². The van der Waals surface area contributed by atoms with Gasteiger partial charge >= 0.3 is 6.03 Å². The molecule has 33 heavy (non-hydrogen) atoms. The Labute approximate surface area is 191 Å². The van der Waals surface area contributed by atoms with E-state index in [0.29, 0.717) is 30.6 Å². The molecule has 1 aliphatic rings. The summed E-state index contributed by atoms with van der Waals surface area (Å²) in [5, 5.41) is 7.24. The maximum absolute atomic E-state index is 12.9. The average Bonchev–Trinajstić information content (AvgIpc) is 3.33. The lowest BCUT2D eigenvalue weighted by molar-refractivity contribution is 0.158. The molecule has 9 heteroatoms. The zero-order chi connectivity index (χ0) is 23.4. The minimum Gasteiger partial charge on any atom is -0.497 e. The Hall–Kier alpha value is -3.85. The number of aromatic nitrogens is 2. The number of allylic oxidation sites excluding steroid dienone is 1. The largest absolute Gasteiger partial charge is 0.497 e. The van der Waals surface area contributed by atoms with Gasteiger partial charge in [0.25, 0.3) is 5.89 Å². The summed E-state index contributed by atoms with van der Waals surface area (Å²) in [6.07, 6.45) is 0. The first-order valence-electron chi connectivity index (χ1n) is 10.5. The van der Waals surface area contributed by atoms with E-state index in [-0.39, 0.29) is 6.03 Å². The molecular weight excluding hydrogens is 424 g/mol. The normalized spacial score (nSPS) is 16.1. The van der Waals surface area contributed by atoms with Crippen molar-refractivity contribution >= 4 is 11.6 Å². The number of carbonyl (C=O) groups excluding carboxylic acids is 1. The number of amides is 2. The van der Waals surface area contributed by atoms with Crippen LogP contribution in [0.5, 0.6) is 11.5 Å². The summed E-state index contributed by atoms with van der Waals surface area (Å²) in [6, 6.07) is 14.2. The standard InChI is InChI=1S/C24H26N4O5/c1-15-20(23-26-22(27-33-23)17-6-5-7-19(14-17)32-4)21(16-8-10-18(31-3)11-9-16)25-24(29)28(15)12-13-30-2/h5-11,14,21H,12-13H2,1-4H3,(H,25,29). The summed E-state index contributed by atoms with van der Waals surface area (Å²) in [6.45, 7) is 2.66. The average molecular weight is 450 g/mol. The molecule has 1 aliphatic heterocycles. The summed E-state index contributed by atoms with van der Waals surface area (Å²) in [5.74, 6) is 2.18. The molecule has 0 bridgehead atoms. The van der Waals surface area contributed by atoms with Crippen molar-refractivity contribution in [1.29, 1.82) is 0 Å². The second-order valence-corrected chi connectivity index (χ2v) is 7.45. The highest BCUT2D eigenvalue weighted by Gasteiger charge is 2.35. The molecule has 2 heterocycles. The lowest BCUT2D eigenvalue weighted by atomic mass is 9.94. The van der Waals surface area contributed by atoms with E-state index in [1.165, 1.54) is 0 Å². The number of ether oxygens (including phenoxy) is 3. The van der Waals surface area contributed by atoms with Gasteiger partial charge in [-0.05, 0) is 36.8 Å². The predicted molar refractivity (Wildman–Crippen MR) is 122 cm³/mol. The molecule has 172 valence electrons. The number of nitrogens with zero attached hydrogens (tertiary/aromatic N) is 3. The minimum absolute atomic E-state index is 0.221. The number of methoxy groups -OCH3 is 3. The summed E-state index contributed by atoms with van der Waals surface area (Å²) in [4.78, 5) is 19.2. The van der Waals surface area contributed by atoms with Gasteiger partial charge in [-0.1, -0.05) is 29.4 Å². The highest BCUT2D eigenvalue weighted by atomic mass is 16.5. The molecule has 0 saturated heterocycles. The van der Waals surface area contributed by atoms with Crippen molar-refractivity contribution in [3.8, 4) is 22.9 Å². The molecule has 0 fully saturated rings. The van der Waals surface area contributed by atoms with E-state index in [1.54, 1.807) is 26.2 Å². The molecule has 1 N–H and O–H groups in total. The van der Waals surface area contributed by atoms with Crippen LogP contribution in [0.2, 0.25) is 0 Å². The fourth-order valence-electron chi connectivity index (χ4n) is 3.77. The van der Waals surface area contributed by atoms with E-state index in [9.17, 15) is 4.79 Å². The van der Waals surface area contributed by atoms with E-state index >= 15 is 0 Å². The van der Waals surface area contributed by atoms with Crippen LogP contribution in [-0.4, -0.2) is 55.6 Å². The van der Waals surface area contributed by atoms with E-state index in [1.807, 2.05) is 55.5 Å². The number of benzene rings is 2. The van der Waals surface area contributed by atoms with Gasteiger partial charge in [0, 0.05) is 18.4 Å². The van der Waals surface area contributed by atoms with Crippen LogP contribution < -0.4 is 14.8 Å². The maximum Gasteiger partial charge on any atom is 0.322 e. The molecule has 3 aromatic rings. The molecule has 1 aromatic heterocycles. The number of rotatable bonds is 8. The fourth-order valence-corrected chi connectivity index (χ4v) is 3.77. The molecule has 0 aliphatic carbocycles. The first-order chi connectivity index (χ1) is 16.0. The Morgan fingerprint density at radius 2 is 1.82 bits per heavy atom. The lowest BCUT2D eigenvalue weighted by Crippen LogP contribution is -2.47. The highest BCUT2D eigenvalue weighted by molar-refractivity contribution is 5.86. The summed E-state index contributed by atoms with van der Waals surface area (Å²) >= 11 is 0. The third kappa shape index (κ3) is 4.54. The van der Waals surface area contributed by atoms with E-state index < -0.39 is 6.04 Å². The molecule has 0 saturated carbocycles. The maximum atomic E-state index is 12.9. The van der Waals surface area contributed by atoms with Crippen molar-refractivity contribution in [1.82, 2.24) is 20.4 Å². The Morgan fingerprint density at radius 3 is 2.52 bits per heavy atom. The minimum atomic E-state index is -0.471. The first-order valence-corrected chi connectivity index (χ1v) is 10.5. The van der Waals surface area contributed by atoms with Gasteiger partial charge in [-0.15, -0.1) is 0 Å². The molecule has 1 atom stereocenters. The van der Waals surface area contributed by atoms with Gasteiger partial charge < -0.3 is 24.1 Å². The van der Waals surface area contributed by atoms with Gasteiger partial charge in [0.05, 0.1) is 39.0 Å². The smallest absolute Gasteiger partial charge is 0.322 e. The van der Waals surface area contributed by atoms with Crippen LogP contribution in [0.4, 0.5) is 4.79 Å². The second kappa shape index (κ2) is 9.74. The van der Waals surface area contributed by atoms with E-state index in [2.05, 4.69) is 15.5 Å². The molecule has 0 spiro atoms. The topological polar surface area (TPSA) is 99.0 Å². The lowest BCUT2D eigenvalue weighted by Gasteiger charge is -2.35. The molecule has 9 nitrogen and oxygen atoms in total. The van der Waals surface area contributed by atoms with Crippen molar-refractivity contribution in [2.45, 2.75) is 13.0 Å². The number of hydrogen-bond donors (Lipinski definition) is 1. The van der Waals surface area contributed by atoms with Gasteiger partial charge in [0.2, 0.25) is 5.82 Å². The van der Waals surface area contributed by atoms with E-state index in [0.717, 1.165) is 28.1 Å². The number of urea groups is 1. The molecule has 2 aromatic carbocycles. The Kier molecular flexibility index (Phi) is 6.60. The van der Waals surface area contributed by atoms with Crippen LogP contribution in [0.25, 0.3) is 17.0 Å². The van der Waals surface area contributed by atoms with Gasteiger partial charge in [-0.2, -0.15) is 4.98 Å². The van der Waals surface area contributed by atoms with Crippen LogP contribution in [0.15, 0.2) is 58.8 Å². The predicted octanol–water partition coefficient (Wildman–Crippen LogP) is 3.90. The highest BCUT2D eigenvalue weighted by Crippen LogP contribution is 2.37. The molecule has 0 radical (unpaired) electrons. The monoisotopic (exact) mass is 450 g/mol. The Balaban J connectivity index is 1.78. The zero-order valence-electron chi connectivity index (χ0n) is 19.0. The van der Waals surface area contributed by atoms with Crippen LogP contribution in [0.1, 0.15) is 24.4 Å². The summed E-state index contributed by atoms with van der Waals surface area (Å²) < 4.78 is 21.4. The molecule has 2 amide bonds. The van der Waals surface area contributed by atoms with Crippen molar-refractivity contribution in [2.24, 2.45) is 0 Å². The van der Waals surface area contributed by atoms with Gasteiger partial charge in [0.15, 0.2) is 0 Å². The number of carbonyl (C=O) groups is 1. The summed E-state index contributed by atoms with van der Waals surface area (Å²) in [7, 11) is 4.81. The SMILES string of the molecule is COCCN1C(=O)NC(c2ccc(OC)cc2)C(c2nc(-c3cccc(OC)c3)no2)=C1C. The quantitative estimate of drug-likeness (QED) is 0.556. The second-order valence-electron chi connectivity index (χ2n) is 7.45. The molecule has 4 rings (SSSR count). The molecular formula is C24H26N4O5. The fraction of sp³-hybridized carbons (Fsp3) is 0.292. The Morgan fingerprint density at radius 1 is 1.06 bits per heavy atom. The number of nitrogens with one attached hydrogen (secondary N) is 1. The van der Waals surface area contributed by atoms with Gasteiger partial charge in [-0.3, -0.25) is 4.90 Å². The zero-order valence-corrected chi connectivity index (χ0v) is 19.0. The van der Waals surface area contributed by atoms with Gasteiger partial charge in [-0.25, -0.2) is 4.79 Å². The number of hydrogen-bond acceptors (Lipinski definition) is 7. The van der Waals surface area contributed by atoms with Crippen LogP contribution in [-0.2, 0) is 4.74 Å². The van der Waals surface area contributed by atoms with Crippen molar-refractivity contribution < 1.29 is 23.5 Å². The molecule has 1 unspecified atom stereocenters. The van der Waals surface area contributed by atoms with Crippen molar-refractivity contribution in [2.75, 3.05) is 34.5 Å². The third-order valence-corrected chi connectivity index (χ3v) is 5.55. The van der Waals surface area contributed by atoms with Crippen molar-refractivity contribution in [3.05, 3.63) is 65.7 Å². The Bertz CT molecular complexity index is 1160. The summed E-state index contributed by atoms with van der Waals surface area (Å²) in [5.41, 5.74) is 3.07. The first kappa shape index (κ1) is 22.3. The van der Waals surface area contributed by atoms with Crippen LogP contribution in [0, 0.1) is 0 Å². The van der Waals surface area contributed by atoms with Crippen molar-refractivity contribution in [3.63, 3.8) is 0 Å². The van der Waals surface area contributed by atoms with Gasteiger partial charge in [0.1, 0.15) is 11.5 Å². The third-order valence-electron chi connectivity index (χ3n) is 5.55.